The second-order valence-electron chi connectivity index (χ2n) is 12.2. The number of nitrogens with one attached hydrogen (secondary N) is 1. The van der Waals surface area contributed by atoms with Gasteiger partial charge in [-0.1, -0.05) is 17.6 Å². The summed E-state index contributed by atoms with van der Waals surface area (Å²) in [5, 5.41) is 48.2. The number of ketones is 2. The van der Waals surface area contributed by atoms with Crippen LogP contribution in [0.5, 0.6) is 11.5 Å². The van der Waals surface area contributed by atoms with Crippen molar-refractivity contribution < 1.29 is 44.3 Å². The van der Waals surface area contributed by atoms with Gasteiger partial charge in [0, 0.05) is 43.4 Å². The van der Waals surface area contributed by atoms with E-state index in [1.54, 1.807) is 63.4 Å². The van der Waals surface area contributed by atoms with Crippen LogP contribution in [0, 0.1) is 11.8 Å². The van der Waals surface area contributed by atoms with Crippen LogP contribution in [0.4, 0.5) is 10.5 Å². The molecule has 0 aromatic heterocycles. The Balaban J connectivity index is 1.56. The Morgan fingerprint density at radius 2 is 1.76 bits per heavy atom. The number of Topliss-reactive ketones (excluding diaryl/α,β-unsaturated/α-hetero) is 2. The molecule has 0 heterocycles. The molecule has 13 nitrogen and oxygen atoms in total. The number of allylic oxidation sites excluding steroid dienone is 1. The van der Waals surface area contributed by atoms with Crippen LogP contribution in [0.3, 0.4) is 0 Å². The Morgan fingerprint density at radius 1 is 1.11 bits per heavy atom. The number of phenols is 1. The molecule has 0 aliphatic heterocycles. The SMILES string of the molecule is Bc1ccc(OC(=O)NCc2cc(N(C)C)c3c(c2O)C(=O)C2=C(O)[C@]4(O)C(=O)C(C(N)=O)=C(O)[C@@H](N(C)C)C4CC2C3)cc1. The average Bonchev–Trinajstić information content (AvgIpc) is 2.95. The number of ether oxygens (including phenoxy) is 1. The van der Waals surface area contributed by atoms with Crippen molar-refractivity contribution in [3.05, 3.63) is 69.7 Å². The lowest BCUT2D eigenvalue weighted by Crippen LogP contribution is -2.63. The zero-order valence-corrected chi connectivity index (χ0v) is 25.5. The Bertz CT molecular complexity index is 1700. The van der Waals surface area contributed by atoms with E-state index in [0.717, 1.165) is 5.46 Å². The van der Waals surface area contributed by atoms with Gasteiger partial charge in [0.25, 0.3) is 5.91 Å². The van der Waals surface area contributed by atoms with E-state index in [0.29, 0.717) is 17.0 Å². The summed E-state index contributed by atoms with van der Waals surface area (Å²) in [5.74, 6) is -6.94. The van der Waals surface area contributed by atoms with Gasteiger partial charge in [0.1, 0.15) is 36.4 Å². The molecule has 0 saturated carbocycles. The molecular weight excluding hydrogens is 583 g/mol. The molecule has 3 aliphatic rings. The first-order chi connectivity index (χ1) is 21.1. The van der Waals surface area contributed by atoms with E-state index in [9.17, 15) is 39.6 Å². The van der Waals surface area contributed by atoms with Gasteiger partial charge in [-0.05, 0) is 56.6 Å². The van der Waals surface area contributed by atoms with Gasteiger partial charge in [-0.3, -0.25) is 19.3 Å². The molecule has 7 N–H and O–H groups in total. The van der Waals surface area contributed by atoms with Crippen LogP contribution in [0.25, 0.3) is 0 Å². The number of primary amides is 1. The third-order valence-electron chi connectivity index (χ3n) is 8.91. The van der Waals surface area contributed by atoms with E-state index < -0.39 is 69.9 Å². The van der Waals surface area contributed by atoms with Crippen LogP contribution in [0.15, 0.2) is 53.0 Å². The fourth-order valence-corrected chi connectivity index (χ4v) is 6.80. The number of aliphatic hydroxyl groups excluding tert-OH is 2. The van der Waals surface area contributed by atoms with Gasteiger partial charge >= 0.3 is 6.09 Å². The molecular formula is C31H35BN4O9. The molecule has 2 aromatic carbocycles. The van der Waals surface area contributed by atoms with Crippen LogP contribution in [0.2, 0.25) is 0 Å². The molecule has 0 fully saturated rings. The summed E-state index contributed by atoms with van der Waals surface area (Å²) in [4.78, 5) is 55.6. The number of anilines is 1. The molecule has 2 amide bonds. The topological polar surface area (TPSA) is 203 Å². The molecule has 0 spiro atoms. The number of phenolic OH excluding ortho intramolecular Hbond substituents is 1. The quantitative estimate of drug-likeness (QED) is 0.184. The molecule has 14 heteroatoms. The van der Waals surface area contributed by atoms with Gasteiger partial charge in [-0.25, -0.2) is 4.79 Å². The standard InChI is InChI=1S/C31H35BN4O9/c1-35(2)19-11-14(12-34-30(43)45-16-7-5-15(32)6-8-16)24(37)21-17(19)9-13-10-18-23(36(3)4)26(39)22(29(33)42)28(41)31(18,44)27(40)20(13)25(21)38/h5-8,11,13,18,23,37,39-40,44H,9-10,12,32H2,1-4H3,(H2,33,42)(H,34,43)/t13?,18?,23-,31-/m0/s1. The van der Waals surface area contributed by atoms with Crippen molar-refractivity contribution in [2.75, 3.05) is 33.1 Å². The van der Waals surface area contributed by atoms with Crippen molar-refractivity contribution in [1.82, 2.24) is 10.2 Å². The second kappa shape index (κ2) is 11.3. The molecule has 4 atom stereocenters. The van der Waals surface area contributed by atoms with E-state index in [1.807, 2.05) is 7.85 Å². The fourth-order valence-electron chi connectivity index (χ4n) is 6.80. The molecule has 45 heavy (non-hydrogen) atoms. The maximum Gasteiger partial charge on any atom is 0.412 e. The van der Waals surface area contributed by atoms with Crippen molar-refractivity contribution in [2.24, 2.45) is 17.6 Å². The number of aromatic hydroxyl groups is 1. The van der Waals surface area contributed by atoms with E-state index in [2.05, 4.69) is 5.32 Å². The molecule has 236 valence electrons. The van der Waals surface area contributed by atoms with Crippen LogP contribution < -0.4 is 26.2 Å². The van der Waals surface area contributed by atoms with E-state index >= 15 is 0 Å². The van der Waals surface area contributed by atoms with Crippen molar-refractivity contribution in [3.8, 4) is 11.5 Å². The number of aliphatic hydroxyl groups is 3. The van der Waals surface area contributed by atoms with Gasteiger partial charge in [0.15, 0.2) is 11.4 Å². The Hall–Kier alpha value is -4.82. The molecule has 2 aromatic rings. The first kappa shape index (κ1) is 31.6. The number of carbonyl (C=O) groups excluding carboxylic acids is 4. The molecule has 3 aliphatic carbocycles. The van der Waals surface area contributed by atoms with Crippen molar-refractivity contribution in [1.29, 1.82) is 0 Å². The van der Waals surface area contributed by atoms with E-state index in [1.165, 1.54) is 4.90 Å². The lowest BCUT2D eigenvalue weighted by Gasteiger charge is -2.50. The van der Waals surface area contributed by atoms with E-state index in [-0.39, 0.29) is 36.1 Å². The number of likely N-dealkylation sites (N-methyl/N-ethyl adjacent to an activating group) is 1. The maximum absolute atomic E-state index is 14.1. The summed E-state index contributed by atoms with van der Waals surface area (Å²) >= 11 is 0. The number of hydrogen-bond acceptors (Lipinski definition) is 11. The van der Waals surface area contributed by atoms with Crippen LogP contribution in [-0.4, -0.2) is 96.6 Å². The number of amides is 2. The smallest absolute Gasteiger partial charge is 0.412 e. The monoisotopic (exact) mass is 618 g/mol. The summed E-state index contributed by atoms with van der Waals surface area (Å²) in [6.07, 6.45) is -0.672. The average molecular weight is 618 g/mol. The molecule has 0 radical (unpaired) electrons. The van der Waals surface area contributed by atoms with Crippen LogP contribution in [0.1, 0.15) is 27.9 Å². The number of rotatable bonds is 6. The first-order valence-electron chi connectivity index (χ1n) is 14.3. The number of carbonyl (C=O) groups is 4. The highest BCUT2D eigenvalue weighted by molar-refractivity contribution is 6.32. The van der Waals surface area contributed by atoms with Crippen LogP contribution in [-0.2, 0) is 22.6 Å². The highest BCUT2D eigenvalue weighted by atomic mass is 16.6. The third-order valence-corrected chi connectivity index (χ3v) is 8.91. The summed E-state index contributed by atoms with van der Waals surface area (Å²) in [5.41, 5.74) is 3.59. The molecule has 2 unspecified atom stereocenters. The van der Waals surface area contributed by atoms with Crippen molar-refractivity contribution in [2.45, 2.75) is 31.0 Å². The lowest BCUT2D eigenvalue weighted by molar-refractivity contribution is -0.148. The fraction of sp³-hybridized carbons (Fsp3) is 0.355. The minimum absolute atomic E-state index is 0.0203. The van der Waals surface area contributed by atoms with Gasteiger partial charge in [0.05, 0.1) is 11.6 Å². The van der Waals surface area contributed by atoms with Crippen LogP contribution >= 0.6 is 0 Å². The zero-order valence-electron chi connectivity index (χ0n) is 25.5. The zero-order chi connectivity index (χ0) is 33.1. The molecule has 0 bridgehead atoms. The van der Waals surface area contributed by atoms with Gasteiger partial charge in [-0.15, -0.1) is 0 Å². The predicted molar refractivity (Wildman–Crippen MR) is 165 cm³/mol. The predicted octanol–water partition coefficient (Wildman–Crippen LogP) is -0.266. The maximum atomic E-state index is 14.1. The minimum Gasteiger partial charge on any atom is -0.510 e. The summed E-state index contributed by atoms with van der Waals surface area (Å²) < 4.78 is 5.29. The number of hydrogen-bond donors (Lipinski definition) is 6. The first-order valence-corrected chi connectivity index (χ1v) is 14.3. The number of benzene rings is 2. The summed E-state index contributed by atoms with van der Waals surface area (Å²) in [7, 11) is 8.53. The van der Waals surface area contributed by atoms with Gasteiger partial charge in [0.2, 0.25) is 5.78 Å². The normalized spacial score (nSPS) is 24.2. The Morgan fingerprint density at radius 3 is 2.33 bits per heavy atom. The summed E-state index contributed by atoms with van der Waals surface area (Å²) in [6, 6.07) is 7.39. The minimum atomic E-state index is -2.73. The third kappa shape index (κ3) is 4.99. The Kier molecular flexibility index (Phi) is 7.92. The van der Waals surface area contributed by atoms with E-state index in [4.69, 9.17) is 10.5 Å². The largest absolute Gasteiger partial charge is 0.510 e. The summed E-state index contributed by atoms with van der Waals surface area (Å²) in [6.45, 7) is -0.215. The van der Waals surface area contributed by atoms with Crippen molar-refractivity contribution in [3.63, 3.8) is 0 Å². The number of fused-ring (bicyclic) bond motifs is 3. The van der Waals surface area contributed by atoms with Gasteiger partial charge < -0.3 is 41.1 Å². The highest BCUT2D eigenvalue weighted by Crippen LogP contribution is 2.53. The second-order valence-corrected chi connectivity index (χ2v) is 12.2. The van der Waals surface area contributed by atoms with Gasteiger partial charge in [-0.2, -0.15) is 0 Å². The number of nitrogens with zero attached hydrogens (tertiary/aromatic N) is 2. The Labute approximate surface area is 260 Å². The molecule has 0 saturated heterocycles. The number of nitrogens with two attached hydrogens (primary N) is 1. The highest BCUT2D eigenvalue weighted by Gasteiger charge is 2.63. The lowest BCUT2D eigenvalue weighted by atomic mass is 9.58. The van der Waals surface area contributed by atoms with Crippen molar-refractivity contribution >= 4 is 42.6 Å². The molecule has 5 rings (SSSR count).